The van der Waals surface area contributed by atoms with E-state index < -0.39 is 0 Å². The molecular weight excluding hydrogens is 228 g/mol. The summed E-state index contributed by atoms with van der Waals surface area (Å²) in [4.78, 5) is 19.6. The highest BCUT2D eigenvalue weighted by atomic mass is 16.1. The molecule has 0 saturated carbocycles. The van der Waals surface area contributed by atoms with Gasteiger partial charge in [-0.2, -0.15) is 0 Å². The molecule has 0 fully saturated rings. The third kappa shape index (κ3) is 3.04. The number of nitrogens with zero attached hydrogens (tertiary/aromatic N) is 2. The number of para-hydroxylation sites is 2. The second-order valence-corrected chi connectivity index (χ2v) is 3.67. The number of carbonyl (C=O) groups is 1. The van der Waals surface area contributed by atoms with Crippen LogP contribution in [0.15, 0.2) is 43.1 Å². The predicted octanol–water partition coefficient (Wildman–Crippen LogP) is 1.34. The monoisotopic (exact) mass is 242 g/mol. The van der Waals surface area contributed by atoms with Crippen LogP contribution in [0.3, 0.4) is 0 Å². The van der Waals surface area contributed by atoms with Crippen LogP contribution in [-0.2, 0) is 4.79 Å². The summed E-state index contributed by atoms with van der Waals surface area (Å²) >= 11 is 0. The summed E-state index contributed by atoms with van der Waals surface area (Å²) in [6.07, 6.45) is 2.92. The first-order valence-corrected chi connectivity index (χ1v) is 5.65. The fourth-order valence-corrected chi connectivity index (χ4v) is 1.49. The van der Waals surface area contributed by atoms with E-state index in [-0.39, 0.29) is 5.91 Å². The first-order chi connectivity index (χ1) is 8.79. The zero-order chi connectivity index (χ0) is 12.8. The number of amides is 1. The number of anilines is 1. The van der Waals surface area contributed by atoms with Gasteiger partial charge in [-0.1, -0.05) is 18.7 Å². The minimum atomic E-state index is -0.179. The normalized spacial score (nSPS) is 10.0. The molecule has 0 aliphatic carbocycles. The standard InChI is InChI=1S/C13H14N4O/c1-2-13(18)15-8-7-14-12-9-16-10-5-3-4-6-11(10)17-12/h2-6,9H,1,7-8H2,(H,14,17)(H,15,18). The maximum atomic E-state index is 10.9. The Bertz CT molecular complexity index is 568. The molecule has 1 amide bonds. The van der Waals surface area contributed by atoms with Gasteiger partial charge in [-0.15, -0.1) is 0 Å². The van der Waals surface area contributed by atoms with Crippen molar-refractivity contribution in [2.45, 2.75) is 0 Å². The summed E-state index contributed by atoms with van der Waals surface area (Å²) in [7, 11) is 0. The van der Waals surface area contributed by atoms with Gasteiger partial charge >= 0.3 is 0 Å². The number of benzene rings is 1. The number of hydrogen-bond donors (Lipinski definition) is 2. The molecule has 92 valence electrons. The number of carbonyl (C=O) groups excluding carboxylic acids is 1. The van der Waals surface area contributed by atoms with Crippen LogP contribution < -0.4 is 10.6 Å². The van der Waals surface area contributed by atoms with Crippen LogP contribution in [0.2, 0.25) is 0 Å². The molecule has 18 heavy (non-hydrogen) atoms. The predicted molar refractivity (Wildman–Crippen MR) is 71.2 cm³/mol. The van der Waals surface area contributed by atoms with Crippen LogP contribution in [0.5, 0.6) is 0 Å². The lowest BCUT2D eigenvalue weighted by Gasteiger charge is -2.06. The first-order valence-electron chi connectivity index (χ1n) is 5.65. The quantitative estimate of drug-likeness (QED) is 0.613. The minimum Gasteiger partial charge on any atom is -0.367 e. The lowest BCUT2D eigenvalue weighted by molar-refractivity contribution is -0.116. The maximum Gasteiger partial charge on any atom is 0.243 e. The number of aromatic nitrogens is 2. The van der Waals surface area contributed by atoms with Crippen molar-refractivity contribution >= 4 is 22.8 Å². The molecule has 2 rings (SSSR count). The number of rotatable bonds is 5. The van der Waals surface area contributed by atoms with Crippen molar-refractivity contribution in [3.05, 3.63) is 43.1 Å². The summed E-state index contributed by atoms with van der Waals surface area (Å²) in [6.45, 7) is 4.48. The Kier molecular flexibility index (Phi) is 3.86. The highest BCUT2D eigenvalue weighted by molar-refractivity contribution is 5.86. The van der Waals surface area contributed by atoms with Crippen LogP contribution in [0.1, 0.15) is 0 Å². The molecular formula is C13H14N4O. The Morgan fingerprint density at radius 1 is 1.28 bits per heavy atom. The van der Waals surface area contributed by atoms with Gasteiger partial charge in [0.2, 0.25) is 5.91 Å². The molecule has 0 unspecified atom stereocenters. The fraction of sp³-hybridized carbons (Fsp3) is 0.154. The van der Waals surface area contributed by atoms with E-state index in [2.05, 4.69) is 27.2 Å². The SMILES string of the molecule is C=CC(=O)NCCNc1cnc2ccccc2n1. The molecule has 5 heteroatoms. The summed E-state index contributed by atoms with van der Waals surface area (Å²) in [5.41, 5.74) is 1.71. The highest BCUT2D eigenvalue weighted by Crippen LogP contribution is 2.10. The number of nitrogens with one attached hydrogen (secondary N) is 2. The van der Waals surface area contributed by atoms with E-state index in [0.717, 1.165) is 11.0 Å². The van der Waals surface area contributed by atoms with Gasteiger partial charge in [-0.3, -0.25) is 9.78 Å². The smallest absolute Gasteiger partial charge is 0.243 e. The van der Waals surface area contributed by atoms with Gasteiger partial charge in [-0.05, 0) is 18.2 Å². The Morgan fingerprint density at radius 3 is 2.83 bits per heavy atom. The van der Waals surface area contributed by atoms with Gasteiger partial charge in [0.1, 0.15) is 5.82 Å². The molecule has 0 spiro atoms. The maximum absolute atomic E-state index is 10.9. The molecule has 0 atom stereocenters. The van der Waals surface area contributed by atoms with Gasteiger partial charge in [0, 0.05) is 13.1 Å². The van der Waals surface area contributed by atoms with Crippen molar-refractivity contribution in [3.8, 4) is 0 Å². The van der Waals surface area contributed by atoms with Crippen LogP contribution in [0, 0.1) is 0 Å². The summed E-state index contributed by atoms with van der Waals surface area (Å²) in [5, 5.41) is 5.77. The molecule has 1 aromatic carbocycles. The minimum absolute atomic E-state index is 0.179. The topological polar surface area (TPSA) is 66.9 Å². The van der Waals surface area contributed by atoms with Crippen molar-refractivity contribution in [1.29, 1.82) is 0 Å². The molecule has 1 heterocycles. The van der Waals surface area contributed by atoms with Gasteiger partial charge < -0.3 is 10.6 Å². The number of fused-ring (bicyclic) bond motifs is 1. The van der Waals surface area contributed by atoms with E-state index in [1.165, 1.54) is 6.08 Å². The van der Waals surface area contributed by atoms with Gasteiger partial charge in [0.15, 0.2) is 0 Å². The van der Waals surface area contributed by atoms with Crippen molar-refractivity contribution in [2.24, 2.45) is 0 Å². The lowest BCUT2D eigenvalue weighted by Crippen LogP contribution is -2.27. The van der Waals surface area contributed by atoms with Crippen molar-refractivity contribution in [2.75, 3.05) is 18.4 Å². The highest BCUT2D eigenvalue weighted by Gasteiger charge is 1.98. The van der Waals surface area contributed by atoms with E-state index in [1.807, 2.05) is 24.3 Å². The summed E-state index contributed by atoms with van der Waals surface area (Å²) in [6, 6.07) is 7.67. The van der Waals surface area contributed by atoms with E-state index in [4.69, 9.17) is 0 Å². The summed E-state index contributed by atoms with van der Waals surface area (Å²) in [5.74, 6) is 0.517. The average molecular weight is 242 g/mol. The van der Waals surface area contributed by atoms with E-state index in [9.17, 15) is 4.79 Å². The third-order valence-corrected chi connectivity index (χ3v) is 2.36. The third-order valence-electron chi connectivity index (χ3n) is 2.36. The van der Waals surface area contributed by atoms with Crippen LogP contribution in [0.25, 0.3) is 11.0 Å². The molecule has 0 bridgehead atoms. The Morgan fingerprint density at radius 2 is 2.06 bits per heavy atom. The molecule has 0 aliphatic heterocycles. The zero-order valence-electron chi connectivity index (χ0n) is 9.89. The Labute approximate surface area is 105 Å². The van der Waals surface area contributed by atoms with E-state index in [0.29, 0.717) is 18.9 Å². The van der Waals surface area contributed by atoms with E-state index in [1.54, 1.807) is 6.20 Å². The average Bonchev–Trinajstić information content (AvgIpc) is 2.43. The molecule has 2 aromatic rings. The second kappa shape index (κ2) is 5.77. The Balaban J connectivity index is 1.91. The van der Waals surface area contributed by atoms with Crippen LogP contribution in [0.4, 0.5) is 5.82 Å². The van der Waals surface area contributed by atoms with Crippen LogP contribution >= 0.6 is 0 Å². The second-order valence-electron chi connectivity index (χ2n) is 3.67. The molecule has 1 aromatic heterocycles. The van der Waals surface area contributed by atoms with E-state index >= 15 is 0 Å². The molecule has 2 N–H and O–H groups in total. The molecule has 0 saturated heterocycles. The van der Waals surface area contributed by atoms with Crippen molar-refractivity contribution in [3.63, 3.8) is 0 Å². The Hall–Kier alpha value is -2.43. The lowest BCUT2D eigenvalue weighted by atomic mass is 10.3. The van der Waals surface area contributed by atoms with Crippen LogP contribution in [-0.4, -0.2) is 29.0 Å². The fourth-order valence-electron chi connectivity index (χ4n) is 1.49. The molecule has 0 radical (unpaired) electrons. The van der Waals surface area contributed by atoms with Gasteiger partial charge in [-0.25, -0.2) is 4.98 Å². The van der Waals surface area contributed by atoms with Crippen molar-refractivity contribution in [1.82, 2.24) is 15.3 Å². The zero-order valence-corrected chi connectivity index (χ0v) is 9.89. The van der Waals surface area contributed by atoms with Gasteiger partial charge in [0.05, 0.1) is 17.2 Å². The molecule has 0 aliphatic rings. The molecule has 5 nitrogen and oxygen atoms in total. The largest absolute Gasteiger partial charge is 0.367 e. The first kappa shape index (κ1) is 12.0. The van der Waals surface area contributed by atoms with Gasteiger partial charge in [0.25, 0.3) is 0 Å². The number of hydrogen-bond acceptors (Lipinski definition) is 4. The van der Waals surface area contributed by atoms with Crippen molar-refractivity contribution < 1.29 is 4.79 Å². The summed E-state index contributed by atoms with van der Waals surface area (Å²) < 4.78 is 0.